The molecule has 2 amide bonds. The molecule has 0 radical (unpaired) electrons. The Kier molecular flexibility index (Phi) is 6.86. The number of carbonyl (C=O) groups excluding carboxylic acids is 2. The normalized spacial score (nSPS) is 13.9. The average Bonchev–Trinajstić information content (AvgIpc) is 3.38. The standard InChI is InChI=1S/C21H24ClN5O3S/c22-14-2-3-15-13(10-14)11-17(25-15)19(29)23-5-6-24-20(30)21-26-16-4-8-27(7-1-9-28)12-18(16)31-21/h2-3,10-11,25,28H,1,4-9,12H2,(H,23,29)(H,24,30). The molecule has 0 aliphatic carbocycles. The van der Waals surface area contributed by atoms with Crippen LogP contribution in [0.15, 0.2) is 24.3 Å². The number of amides is 2. The van der Waals surface area contributed by atoms with Crippen molar-refractivity contribution in [1.29, 1.82) is 0 Å². The number of H-pyrrole nitrogens is 1. The number of carbonyl (C=O) groups is 2. The maximum absolute atomic E-state index is 12.4. The summed E-state index contributed by atoms with van der Waals surface area (Å²) >= 11 is 7.40. The quantitative estimate of drug-likeness (QED) is 0.384. The second-order valence-electron chi connectivity index (χ2n) is 7.42. The number of aromatic nitrogens is 2. The maximum Gasteiger partial charge on any atom is 0.280 e. The number of rotatable bonds is 8. The first-order valence-corrected chi connectivity index (χ1v) is 11.4. The summed E-state index contributed by atoms with van der Waals surface area (Å²) in [5.41, 5.74) is 2.27. The van der Waals surface area contributed by atoms with Gasteiger partial charge in [0.15, 0.2) is 5.01 Å². The van der Waals surface area contributed by atoms with Gasteiger partial charge in [-0.1, -0.05) is 11.6 Å². The number of benzene rings is 1. The van der Waals surface area contributed by atoms with E-state index in [9.17, 15) is 9.59 Å². The summed E-state index contributed by atoms with van der Waals surface area (Å²) in [7, 11) is 0. The van der Waals surface area contributed by atoms with Gasteiger partial charge >= 0.3 is 0 Å². The van der Waals surface area contributed by atoms with Crippen LogP contribution in [0, 0.1) is 0 Å². The van der Waals surface area contributed by atoms with Crippen LogP contribution in [-0.2, 0) is 13.0 Å². The van der Waals surface area contributed by atoms with Gasteiger partial charge in [0.2, 0.25) is 0 Å². The summed E-state index contributed by atoms with van der Waals surface area (Å²) in [5, 5.41) is 16.5. The molecule has 0 atom stereocenters. The zero-order valence-electron chi connectivity index (χ0n) is 16.9. The molecule has 0 saturated carbocycles. The Morgan fingerprint density at radius 1 is 1.23 bits per heavy atom. The molecule has 8 nitrogen and oxygen atoms in total. The SMILES string of the molecule is O=C(NCCNC(=O)c1nc2c(s1)CN(CCCO)CC2)c1cc2cc(Cl)ccc2[nH]1. The van der Waals surface area contributed by atoms with Gasteiger partial charge in [-0.2, -0.15) is 0 Å². The van der Waals surface area contributed by atoms with Gasteiger partial charge in [-0.15, -0.1) is 11.3 Å². The summed E-state index contributed by atoms with van der Waals surface area (Å²) in [5.74, 6) is -0.468. The van der Waals surface area contributed by atoms with Gasteiger partial charge in [-0.05, 0) is 30.7 Å². The van der Waals surface area contributed by atoms with E-state index in [1.54, 1.807) is 18.2 Å². The van der Waals surface area contributed by atoms with Crippen molar-refractivity contribution in [2.45, 2.75) is 19.4 Å². The molecule has 0 unspecified atom stereocenters. The van der Waals surface area contributed by atoms with E-state index in [1.807, 2.05) is 6.07 Å². The summed E-state index contributed by atoms with van der Waals surface area (Å²) < 4.78 is 0. The van der Waals surface area contributed by atoms with Crippen molar-refractivity contribution < 1.29 is 14.7 Å². The van der Waals surface area contributed by atoms with Gasteiger partial charge in [0.05, 0.1) is 5.69 Å². The van der Waals surface area contributed by atoms with Crippen molar-refractivity contribution in [1.82, 2.24) is 25.5 Å². The van der Waals surface area contributed by atoms with Crippen LogP contribution in [0.2, 0.25) is 5.02 Å². The zero-order chi connectivity index (χ0) is 21.8. The van der Waals surface area contributed by atoms with Crippen LogP contribution in [0.1, 0.15) is 37.3 Å². The molecule has 1 aromatic carbocycles. The molecule has 3 heterocycles. The Balaban J connectivity index is 1.25. The van der Waals surface area contributed by atoms with Crippen molar-refractivity contribution in [2.24, 2.45) is 0 Å². The number of fused-ring (bicyclic) bond motifs is 2. The minimum atomic E-state index is -0.241. The van der Waals surface area contributed by atoms with Crippen molar-refractivity contribution in [2.75, 3.05) is 32.8 Å². The second-order valence-corrected chi connectivity index (χ2v) is 8.94. The molecule has 0 saturated heterocycles. The Bertz CT molecular complexity index is 1100. The van der Waals surface area contributed by atoms with Gasteiger partial charge in [-0.25, -0.2) is 4.98 Å². The van der Waals surface area contributed by atoms with Gasteiger partial charge in [0.25, 0.3) is 11.8 Å². The van der Waals surface area contributed by atoms with Crippen LogP contribution in [0.3, 0.4) is 0 Å². The Morgan fingerprint density at radius 2 is 2.03 bits per heavy atom. The van der Waals surface area contributed by atoms with Crippen LogP contribution in [0.5, 0.6) is 0 Å². The lowest BCUT2D eigenvalue weighted by Gasteiger charge is -2.25. The molecule has 10 heteroatoms. The number of aliphatic hydroxyl groups is 1. The van der Waals surface area contributed by atoms with Gasteiger partial charge in [0, 0.05) is 66.6 Å². The van der Waals surface area contributed by atoms with Gasteiger partial charge in [0.1, 0.15) is 5.69 Å². The number of halogens is 1. The highest BCUT2D eigenvalue weighted by atomic mass is 35.5. The van der Waals surface area contributed by atoms with Crippen molar-refractivity contribution >= 4 is 45.7 Å². The zero-order valence-corrected chi connectivity index (χ0v) is 18.5. The molecule has 4 rings (SSSR count). The monoisotopic (exact) mass is 461 g/mol. The number of nitrogens with one attached hydrogen (secondary N) is 3. The molecular weight excluding hydrogens is 438 g/mol. The molecule has 0 bridgehead atoms. The number of hydrogen-bond acceptors (Lipinski definition) is 6. The highest BCUT2D eigenvalue weighted by molar-refractivity contribution is 7.13. The number of nitrogens with zero attached hydrogens (tertiary/aromatic N) is 2. The summed E-state index contributed by atoms with van der Waals surface area (Å²) in [6.45, 7) is 3.31. The predicted molar refractivity (Wildman–Crippen MR) is 121 cm³/mol. The number of aliphatic hydroxyl groups excluding tert-OH is 1. The van der Waals surface area contributed by atoms with Crippen molar-refractivity contribution in [3.8, 4) is 0 Å². The molecule has 164 valence electrons. The topological polar surface area (TPSA) is 110 Å². The molecule has 31 heavy (non-hydrogen) atoms. The maximum atomic E-state index is 12.4. The molecule has 4 N–H and O–H groups in total. The van der Waals surface area contributed by atoms with Crippen LogP contribution in [0.4, 0.5) is 0 Å². The fourth-order valence-electron chi connectivity index (χ4n) is 3.58. The molecular formula is C21H24ClN5O3S. The molecule has 2 aromatic heterocycles. The summed E-state index contributed by atoms with van der Waals surface area (Å²) in [6, 6.07) is 7.14. The van der Waals surface area contributed by atoms with Crippen molar-refractivity contribution in [3.63, 3.8) is 0 Å². The minimum Gasteiger partial charge on any atom is -0.396 e. The Hall–Kier alpha value is -2.46. The third-order valence-electron chi connectivity index (χ3n) is 5.16. The lowest BCUT2D eigenvalue weighted by molar-refractivity contribution is 0.0925. The molecule has 1 aliphatic rings. The first-order valence-electron chi connectivity index (χ1n) is 10.2. The van der Waals surface area contributed by atoms with Crippen LogP contribution < -0.4 is 10.6 Å². The van der Waals surface area contributed by atoms with Gasteiger partial charge in [-0.3, -0.25) is 14.5 Å². The fourth-order valence-corrected chi connectivity index (χ4v) is 4.83. The highest BCUT2D eigenvalue weighted by Gasteiger charge is 2.22. The largest absolute Gasteiger partial charge is 0.396 e. The van der Waals surface area contributed by atoms with E-state index in [1.165, 1.54) is 11.3 Å². The number of aromatic amines is 1. The van der Waals surface area contributed by atoms with Crippen LogP contribution in [0.25, 0.3) is 10.9 Å². The molecule has 1 aliphatic heterocycles. The Labute approximate surface area is 188 Å². The molecule has 0 spiro atoms. The Morgan fingerprint density at radius 3 is 2.84 bits per heavy atom. The third-order valence-corrected chi connectivity index (χ3v) is 6.48. The van der Waals surface area contributed by atoms with E-state index in [4.69, 9.17) is 16.7 Å². The first-order chi connectivity index (χ1) is 15.0. The minimum absolute atomic E-state index is 0.185. The van der Waals surface area contributed by atoms with Crippen LogP contribution in [-0.4, -0.2) is 64.6 Å². The second kappa shape index (κ2) is 9.78. The predicted octanol–water partition coefficient (Wildman–Crippen LogP) is 2.18. The fraction of sp³-hybridized carbons (Fsp3) is 0.381. The smallest absolute Gasteiger partial charge is 0.280 e. The van der Waals surface area contributed by atoms with Crippen molar-refractivity contribution in [3.05, 3.63) is 50.6 Å². The van der Waals surface area contributed by atoms with Gasteiger partial charge < -0.3 is 20.7 Å². The third kappa shape index (κ3) is 5.24. The summed E-state index contributed by atoms with van der Waals surface area (Å²) in [6.07, 6.45) is 1.57. The number of hydrogen-bond donors (Lipinski definition) is 4. The van der Waals surface area contributed by atoms with E-state index in [-0.39, 0.29) is 18.4 Å². The number of thiazole rings is 1. The average molecular weight is 462 g/mol. The van der Waals surface area contributed by atoms with Crippen LogP contribution >= 0.6 is 22.9 Å². The van der Waals surface area contributed by atoms with E-state index >= 15 is 0 Å². The first kappa shape index (κ1) is 21.8. The van der Waals surface area contributed by atoms with E-state index < -0.39 is 0 Å². The molecule has 0 fully saturated rings. The van der Waals surface area contributed by atoms with E-state index in [2.05, 4.69) is 25.5 Å². The van der Waals surface area contributed by atoms with E-state index in [0.29, 0.717) is 28.8 Å². The summed E-state index contributed by atoms with van der Waals surface area (Å²) in [4.78, 5) is 35.7. The lowest BCUT2D eigenvalue weighted by Crippen LogP contribution is -2.34. The lowest BCUT2D eigenvalue weighted by atomic mass is 10.2. The highest BCUT2D eigenvalue weighted by Crippen LogP contribution is 2.25. The molecule has 3 aromatic rings. The van der Waals surface area contributed by atoms with E-state index in [0.717, 1.165) is 53.9 Å².